The Morgan fingerprint density at radius 1 is 1.17 bits per heavy atom. The highest BCUT2D eigenvalue weighted by atomic mass is 16.8. The number of H-pyrrole nitrogens is 1. The number of aromatic nitrogens is 5. The monoisotopic (exact) mass is 499 g/mol. The van der Waals surface area contributed by atoms with E-state index >= 15 is 0 Å². The third-order valence-electron chi connectivity index (χ3n) is 5.87. The molecule has 2 fully saturated rings. The number of benzene rings is 1. The van der Waals surface area contributed by atoms with Crippen LogP contribution in [0.1, 0.15) is 31.3 Å². The van der Waals surface area contributed by atoms with Gasteiger partial charge in [-0.15, -0.1) is 5.10 Å². The first-order chi connectivity index (χ1) is 17.2. The second kappa shape index (κ2) is 9.33. The third kappa shape index (κ3) is 5.08. The average molecular weight is 499 g/mol. The largest absolute Gasteiger partial charge is 0.508 e. The minimum atomic E-state index is -0.888. The molecule has 13 nitrogen and oxygen atoms in total. The van der Waals surface area contributed by atoms with Gasteiger partial charge in [-0.25, -0.2) is 9.48 Å². The number of ether oxygens (including phenoxy) is 4. The number of fused-ring (bicyclic) bond motifs is 1. The van der Waals surface area contributed by atoms with Crippen LogP contribution in [-0.4, -0.2) is 59.7 Å². The van der Waals surface area contributed by atoms with E-state index in [1.54, 1.807) is 32.2 Å². The topological polar surface area (TPSA) is 160 Å². The number of esters is 1. The van der Waals surface area contributed by atoms with Gasteiger partial charge in [-0.1, -0.05) is 17.3 Å². The molecule has 4 atom stereocenters. The minimum Gasteiger partial charge on any atom is -0.508 e. The molecule has 2 aliphatic rings. The van der Waals surface area contributed by atoms with E-state index in [0.717, 1.165) is 0 Å². The average Bonchev–Trinajstić information content (AvgIpc) is 3.48. The predicted octanol–water partition coefficient (Wildman–Crippen LogP) is 0.237. The van der Waals surface area contributed by atoms with Gasteiger partial charge in [-0.05, 0) is 31.5 Å². The van der Waals surface area contributed by atoms with Gasteiger partial charge in [0.25, 0.3) is 5.56 Å². The molecule has 190 valence electrons. The van der Waals surface area contributed by atoms with Crippen molar-refractivity contribution in [2.45, 2.75) is 63.7 Å². The van der Waals surface area contributed by atoms with Crippen molar-refractivity contribution in [2.75, 3.05) is 0 Å². The lowest BCUT2D eigenvalue weighted by Crippen LogP contribution is -2.37. The Morgan fingerprint density at radius 2 is 1.92 bits per heavy atom. The molecule has 2 aliphatic heterocycles. The number of aromatic amines is 1. The fourth-order valence-corrected chi connectivity index (χ4v) is 4.32. The van der Waals surface area contributed by atoms with Crippen LogP contribution in [0, 0.1) is 0 Å². The molecule has 1 aromatic carbocycles. The van der Waals surface area contributed by atoms with Gasteiger partial charge in [0.05, 0.1) is 19.2 Å². The third-order valence-corrected chi connectivity index (χ3v) is 5.87. The van der Waals surface area contributed by atoms with E-state index in [2.05, 4.69) is 15.3 Å². The maximum Gasteiger partial charge on any atom is 0.330 e. The number of rotatable bonds is 7. The lowest BCUT2D eigenvalue weighted by atomic mass is 10.1. The Balaban J connectivity index is 1.23. The van der Waals surface area contributed by atoms with Crippen molar-refractivity contribution < 1.29 is 28.8 Å². The number of carbonyl (C=O) groups excluding carboxylic acids is 1. The molecule has 0 radical (unpaired) electrons. The zero-order chi connectivity index (χ0) is 25.4. The van der Waals surface area contributed by atoms with E-state index in [9.17, 15) is 19.5 Å². The smallest absolute Gasteiger partial charge is 0.330 e. The fraction of sp³-hybridized carbons (Fsp3) is 0.435. The van der Waals surface area contributed by atoms with Crippen LogP contribution in [0.25, 0.3) is 0 Å². The summed E-state index contributed by atoms with van der Waals surface area (Å²) >= 11 is 0. The zero-order valence-corrected chi connectivity index (χ0v) is 19.6. The Labute approximate surface area is 204 Å². The van der Waals surface area contributed by atoms with Crippen LogP contribution in [0.5, 0.6) is 5.75 Å². The second-order valence-electron chi connectivity index (χ2n) is 9.08. The maximum atomic E-state index is 12.4. The number of nitrogens with zero attached hydrogens (tertiary/aromatic N) is 4. The van der Waals surface area contributed by atoms with Crippen molar-refractivity contribution in [3.05, 3.63) is 74.8 Å². The number of aromatic hydroxyl groups is 1. The number of phenolic OH excluding ortho intramolecular Hbond substituents is 1. The minimum absolute atomic E-state index is 0.0590. The fourth-order valence-electron chi connectivity index (χ4n) is 4.32. The maximum absolute atomic E-state index is 12.4. The first-order valence-corrected chi connectivity index (χ1v) is 11.3. The van der Waals surface area contributed by atoms with Crippen molar-refractivity contribution >= 4 is 5.97 Å². The zero-order valence-electron chi connectivity index (χ0n) is 19.6. The first-order valence-electron chi connectivity index (χ1n) is 11.3. The molecular weight excluding hydrogens is 474 g/mol. The Bertz CT molecular complexity index is 1360. The molecule has 0 aliphatic carbocycles. The van der Waals surface area contributed by atoms with Gasteiger partial charge < -0.3 is 24.1 Å². The predicted molar refractivity (Wildman–Crippen MR) is 121 cm³/mol. The molecule has 0 spiro atoms. The van der Waals surface area contributed by atoms with Crippen LogP contribution in [-0.2, 0) is 43.3 Å². The molecule has 0 bridgehead atoms. The lowest BCUT2D eigenvalue weighted by molar-refractivity contribution is -0.198. The van der Waals surface area contributed by atoms with Crippen LogP contribution in [0.15, 0.2) is 52.3 Å². The molecule has 13 heteroatoms. The van der Waals surface area contributed by atoms with Crippen molar-refractivity contribution in [2.24, 2.45) is 0 Å². The van der Waals surface area contributed by atoms with E-state index in [0.29, 0.717) is 11.3 Å². The summed E-state index contributed by atoms with van der Waals surface area (Å²) < 4.78 is 26.2. The highest BCUT2D eigenvalue weighted by Gasteiger charge is 2.56. The molecule has 0 saturated carbocycles. The number of nitrogens with one attached hydrogen (secondary N) is 1. The van der Waals surface area contributed by atoms with E-state index in [-0.39, 0.29) is 25.3 Å². The van der Waals surface area contributed by atoms with Gasteiger partial charge in [0.2, 0.25) is 0 Å². The van der Waals surface area contributed by atoms with Crippen molar-refractivity contribution in [3.63, 3.8) is 0 Å². The van der Waals surface area contributed by atoms with Crippen molar-refractivity contribution in [1.82, 2.24) is 24.5 Å². The quantitative estimate of drug-likeness (QED) is 0.431. The highest BCUT2D eigenvalue weighted by Crippen LogP contribution is 2.42. The summed E-state index contributed by atoms with van der Waals surface area (Å²) in [5, 5.41) is 17.5. The first kappa shape index (κ1) is 23.9. The van der Waals surface area contributed by atoms with Gasteiger partial charge in [0.15, 0.2) is 12.0 Å². The molecule has 36 heavy (non-hydrogen) atoms. The molecule has 3 aromatic rings. The van der Waals surface area contributed by atoms with Crippen LogP contribution in [0.2, 0.25) is 0 Å². The standard InChI is InChI=1S/C23H25N5O8/c1-23(2)35-19-16(34-21(20(19)36-23)28-8-7-17(30)24-22(28)32)11-27-10-14(25-26-27)12-33-18(31)9-13-3-5-15(29)6-4-13/h3-8,10,16,19-21,29H,9,11-12H2,1-2H3,(H,24,30,32)/t16-,19-,20-,21-/m1/s1. The van der Waals surface area contributed by atoms with Crippen LogP contribution >= 0.6 is 0 Å². The molecule has 5 rings (SSSR count). The molecule has 0 amide bonds. The summed E-state index contributed by atoms with van der Waals surface area (Å²) in [7, 11) is 0. The van der Waals surface area contributed by atoms with E-state index in [1.165, 1.54) is 33.6 Å². The molecular formula is C23H25N5O8. The number of hydrogen-bond acceptors (Lipinski definition) is 10. The van der Waals surface area contributed by atoms with Crippen molar-refractivity contribution in [1.29, 1.82) is 0 Å². The molecule has 4 heterocycles. The number of hydrogen-bond donors (Lipinski definition) is 2. The van der Waals surface area contributed by atoms with Crippen molar-refractivity contribution in [3.8, 4) is 5.75 Å². The normalized spacial score (nSPS) is 24.5. The lowest BCUT2D eigenvalue weighted by Gasteiger charge is -2.24. The van der Waals surface area contributed by atoms with E-state index in [1.807, 2.05) is 0 Å². The Hall–Kier alpha value is -3.81. The van der Waals surface area contributed by atoms with Gasteiger partial charge in [-0.2, -0.15) is 0 Å². The summed E-state index contributed by atoms with van der Waals surface area (Å²) in [5.41, 5.74) is 0.0377. The summed E-state index contributed by atoms with van der Waals surface area (Å²) in [6, 6.07) is 7.53. The Kier molecular flexibility index (Phi) is 6.20. The highest BCUT2D eigenvalue weighted by molar-refractivity contribution is 5.72. The van der Waals surface area contributed by atoms with Gasteiger partial charge in [-0.3, -0.25) is 19.1 Å². The van der Waals surface area contributed by atoms with Crippen LogP contribution in [0.3, 0.4) is 0 Å². The summed E-state index contributed by atoms with van der Waals surface area (Å²) in [4.78, 5) is 38.2. The van der Waals surface area contributed by atoms with Gasteiger partial charge >= 0.3 is 11.7 Å². The van der Waals surface area contributed by atoms with E-state index < -0.39 is 47.5 Å². The van der Waals surface area contributed by atoms with Crippen LogP contribution in [0.4, 0.5) is 0 Å². The molecule has 2 saturated heterocycles. The number of carbonyl (C=O) groups is 1. The molecule has 2 N–H and O–H groups in total. The summed E-state index contributed by atoms with van der Waals surface area (Å²) in [5.74, 6) is -1.21. The number of phenols is 1. The molecule has 0 unspecified atom stereocenters. The van der Waals surface area contributed by atoms with Crippen LogP contribution < -0.4 is 11.2 Å². The molecule has 2 aromatic heterocycles. The van der Waals surface area contributed by atoms with Gasteiger partial charge in [0.1, 0.15) is 36.4 Å². The van der Waals surface area contributed by atoms with E-state index in [4.69, 9.17) is 18.9 Å². The second-order valence-corrected chi connectivity index (χ2v) is 9.08. The summed E-state index contributed by atoms with van der Waals surface area (Å²) in [6.45, 7) is 3.73. The SMILES string of the molecule is CC1(C)O[C@@H]2[C@H](O1)[C@@H](Cn1cc(COC(=O)Cc3ccc(O)cc3)nn1)O[C@H]2n1ccc(=O)[nH]c1=O. The summed E-state index contributed by atoms with van der Waals surface area (Å²) in [6.07, 6.45) is 0.623. The van der Waals surface area contributed by atoms with Gasteiger partial charge in [0, 0.05) is 12.3 Å². The Morgan fingerprint density at radius 3 is 2.67 bits per heavy atom.